The Morgan fingerprint density at radius 1 is 1.50 bits per heavy atom. The monoisotopic (exact) mass is 327 g/mol. The number of nitriles is 1. The number of ether oxygens (including phenoxy) is 1. The van der Waals surface area contributed by atoms with E-state index in [0.717, 1.165) is 9.37 Å². The van der Waals surface area contributed by atoms with Gasteiger partial charge in [-0.1, -0.05) is 0 Å². The van der Waals surface area contributed by atoms with Crippen molar-refractivity contribution in [2.45, 2.75) is 31.3 Å². The number of nitrogens with zero attached hydrogens (tertiary/aromatic N) is 1. The van der Waals surface area contributed by atoms with Crippen LogP contribution in [0.2, 0.25) is 0 Å². The lowest BCUT2D eigenvalue weighted by atomic mass is 10.2. The second-order valence-corrected chi connectivity index (χ2v) is 6.53. The Bertz CT molecular complexity index is 489. The molecule has 0 saturated carbocycles. The van der Waals surface area contributed by atoms with Gasteiger partial charge in [0.2, 0.25) is 0 Å². The van der Waals surface area contributed by atoms with E-state index < -0.39 is 5.60 Å². The zero-order chi connectivity index (χ0) is 13.8. The lowest BCUT2D eigenvalue weighted by Crippen LogP contribution is -2.24. The molecule has 0 saturated heterocycles. The maximum atomic E-state index is 11.5. The molecule has 0 unspecified atom stereocenters. The summed E-state index contributed by atoms with van der Waals surface area (Å²) in [5.74, 6) is 0.0169. The molecule has 0 bridgehead atoms. The van der Waals surface area contributed by atoms with Gasteiger partial charge in [0, 0.05) is 9.37 Å². The van der Waals surface area contributed by atoms with Crippen LogP contribution < -0.4 is 0 Å². The average molecular weight is 328 g/mol. The molecule has 1 aromatic carbocycles. The van der Waals surface area contributed by atoms with Crippen LogP contribution in [0.15, 0.2) is 27.6 Å². The van der Waals surface area contributed by atoms with E-state index in [2.05, 4.69) is 22.0 Å². The van der Waals surface area contributed by atoms with Crippen LogP contribution in [0.3, 0.4) is 0 Å². The van der Waals surface area contributed by atoms with E-state index in [1.807, 2.05) is 32.9 Å². The summed E-state index contributed by atoms with van der Waals surface area (Å²) < 4.78 is 5.95. The molecule has 0 amide bonds. The van der Waals surface area contributed by atoms with Gasteiger partial charge in [0.15, 0.2) is 0 Å². The van der Waals surface area contributed by atoms with E-state index in [-0.39, 0.29) is 11.7 Å². The van der Waals surface area contributed by atoms with Crippen molar-refractivity contribution in [1.29, 1.82) is 5.26 Å². The minimum absolute atomic E-state index is 0.243. The molecule has 0 aliphatic carbocycles. The number of carbonyl (C=O) groups is 1. The Balaban J connectivity index is 2.57. The molecule has 1 aromatic rings. The summed E-state index contributed by atoms with van der Waals surface area (Å²) >= 11 is 4.70. The van der Waals surface area contributed by atoms with Gasteiger partial charge in [-0.15, -0.1) is 11.8 Å². The van der Waals surface area contributed by atoms with Crippen molar-refractivity contribution in [2.24, 2.45) is 0 Å². The molecular formula is C13H14BrNO2S. The molecule has 0 fully saturated rings. The maximum Gasteiger partial charge on any atom is 0.316 e. The van der Waals surface area contributed by atoms with Crippen molar-refractivity contribution < 1.29 is 9.53 Å². The third kappa shape index (κ3) is 5.11. The number of rotatable bonds is 3. The molecule has 3 nitrogen and oxygen atoms in total. The second kappa shape index (κ2) is 6.26. The van der Waals surface area contributed by atoms with Gasteiger partial charge >= 0.3 is 5.97 Å². The highest BCUT2D eigenvalue weighted by molar-refractivity contribution is 9.10. The standard InChI is InChI=1S/C13H14BrNO2S/c1-13(2,3)17-12(16)8-18-10-5-4-9(7-15)11(14)6-10/h4-6H,8H2,1-3H3. The second-order valence-electron chi connectivity index (χ2n) is 4.63. The molecular weight excluding hydrogens is 314 g/mol. The van der Waals surface area contributed by atoms with E-state index in [9.17, 15) is 4.79 Å². The topological polar surface area (TPSA) is 50.1 Å². The first kappa shape index (κ1) is 15.1. The van der Waals surface area contributed by atoms with E-state index in [0.29, 0.717) is 5.56 Å². The average Bonchev–Trinajstić information content (AvgIpc) is 2.24. The third-order valence-electron chi connectivity index (χ3n) is 1.84. The Labute approximate surface area is 120 Å². The van der Waals surface area contributed by atoms with Gasteiger partial charge in [0.05, 0.1) is 11.3 Å². The molecule has 0 aliphatic heterocycles. The zero-order valence-corrected chi connectivity index (χ0v) is 12.9. The van der Waals surface area contributed by atoms with Crippen LogP contribution in [0.4, 0.5) is 0 Å². The maximum absolute atomic E-state index is 11.5. The van der Waals surface area contributed by atoms with Gasteiger partial charge in [-0.05, 0) is 54.9 Å². The summed E-state index contributed by atoms with van der Waals surface area (Å²) in [5.41, 5.74) is 0.125. The summed E-state index contributed by atoms with van der Waals surface area (Å²) in [7, 11) is 0. The predicted octanol–water partition coefficient (Wildman–Crippen LogP) is 3.75. The van der Waals surface area contributed by atoms with Crippen molar-refractivity contribution in [3.8, 4) is 6.07 Å². The SMILES string of the molecule is CC(C)(C)OC(=O)CSc1ccc(C#N)c(Br)c1. The highest BCUT2D eigenvalue weighted by atomic mass is 79.9. The molecule has 96 valence electrons. The molecule has 0 spiro atoms. The summed E-state index contributed by atoms with van der Waals surface area (Å²) in [5, 5.41) is 8.79. The van der Waals surface area contributed by atoms with Crippen molar-refractivity contribution in [1.82, 2.24) is 0 Å². The number of hydrogen-bond donors (Lipinski definition) is 0. The van der Waals surface area contributed by atoms with Gasteiger partial charge in [0.25, 0.3) is 0 Å². The lowest BCUT2D eigenvalue weighted by molar-refractivity contribution is -0.151. The van der Waals surface area contributed by atoms with Crippen molar-refractivity contribution in [2.75, 3.05) is 5.75 Å². The van der Waals surface area contributed by atoms with E-state index >= 15 is 0 Å². The molecule has 0 heterocycles. The highest BCUT2D eigenvalue weighted by Crippen LogP contribution is 2.25. The van der Waals surface area contributed by atoms with Crippen molar-refractivity contribution in [3.63, 3.8) is 0 Å². The molecule has 0 N–H and O–H groups in total. The normalized spacial score (nSPS) is 10.8. The first-order valence-corrected chi connectivity index (χ1v) is 7.14. The minimum atomic E-state index is -0.455. The number of halogens is 1. The van der Waals surface area contributed by atoms with E-state index in [4.69, 9.17) is 10.00 Å². The van der Waals surface area contributed by atoms with Gasteiger partial charge in [-0.3, -0.25) is 4.79 Å². The fourth-order valence-electron chi connectivity index (χ4n) is 1.19. The quantitative estimate of drug-likeness (QED) is 0.626. The number of benzene rings is 1. The minimum Gasteiger partial charge on any atom is -0.459 e. The summed E-state index contributed by atoms with van der Waals surface area (Å²) in [6.45, 7) is 5.52. The van der Waals surface area contributed by atoms with Crippen LogP contribution in [0.5, 0.6) is 0 Å². The summed E-state index contributed by atoms with van der Waals surface area (Å²) in [6.07, 6.45) is 0. The molecule has 0 radical (unpaired) electrons. The van der Waals surface area contributed by atoms with Crippen LogP contribution in [0.1, 0.15) is 26.3 Å². The van der Waals surface area contributed by atoms with Crippen molar-refractivity contribution in [3.05, 3.63) is 28.2 Å². The first-order chi connectivity index (χ1) is 8.31. The van der Waals surface area contributed by atoms with E-state index in [1.165, 1.54) is 11.8 Å². The third-order valence-corrected chi connectivity index (χ3v) is 3.46. The van der Waals surface area contributed by atoms with Gasteiger partial charge in [-0.25, -0.2) is 0 Å². The van der Waals surface area contributed by atoms with Crippen molar-refractivity contribution >= 4 is 33.7 Å². The van der Waals surface area contributed by atoms with Crippen LogP contribution in [0.25, 0.3) is 0 Å². The fraction of sp³-hybridized carbons (Fsp3) is 0.385. The van der Waals surface area contributed by atoms with E-state index in [1.54, 1.807) is 6.07 Å². The number of hydrogen-bond acceptors (Lipinski definition) is 4. The first-order valence-electron chi connectivity index (χ1n) is 5.36. The Kier molecular flexibility index (Phi) is 5.24. The highest BCUT2D eigenvalue weighted by Gasteiger charge is 2.16. The largest absolute Gasteiger partial charge is 0.459 e. The molecule has 0 atom stereocenters. The Morgan fingerprint density at radius 3 is 2.67 bits per heavy atom. The Morgan fingerprint density at radius 2 is 2.17 bits per heavy atom. The lowest BCUT2D eigenvalue weighted by Gasteiger charge is -2.19. The molecule has 0 aliphatic rings. The smallest absolute Gasteiger partial charge is 0.316 e. The molecule has 18 heavy (non-hydrogen) atoms. The molecule has 5 heteroatoms. The summed E-state index contributed by atoms with van der Waals surface area (Å²) in [6, 6.07) is 7.44. The van der Waals surface area contributed by atoms with Gasteiger partial charge < -0.3 is 4.74 Å². The Hall–Kier alpha value is -0.990. The fourth-order valence-corrected chi connectivity index (χ4v) is 2.52. The molecule has 1 rings (SSSR count). The van der Waals surface area contributed by atoms with Crippen LogP contribution in [0, 0.1) is 11.3 Å². The summed E-state index contributed by atoms with van der Waals surface area (Å²) in [4.78, 5) is 12.5. The predicted molar refractivity (Wildman–Crippen MR) is 75.4 cm³/mol. The van der Waals surface area contributed by atoms with Gasteiger partial charge in [-0.2, -0.15) is 5.26 Å². The van der Waals surface area contributed by atoms with Crippen LogP contribution in [-0.2, 0) is 9.53 Å². The molecule has 0 aromatic heterocycles. The van der Waals surface area contributed by atoms with Crippen LogP contribution >= 0.6 is 27.7 Å². The zero-order valence-electron chi connectivity index (χ0n) is 10.5. The number of thioether (sulfide) groups is 1. The number of esters is 1. The van der Waals surface area contributed by atoms with Gasteiger partial charge in [0.1, 0.15) is 11.7 Å². The van der Waals surface area contributed by atoms with Crippen LogP contribution in [-0.4, -0.2) is 17.3 Å². The number of carbonyl (C=O) groups excluding carboxylic acids is 1.